The van der Waals surface area contributed by atoms with Gasteiger partial charge in [-0.05, 0) is 76.4 Å². The van der Waals surface area contributed by atoms with Crippen molar-refractivity contribution in [3.05, 3.63) is 76.1 Å². The number of para-hydroxylation sites is 1. The second-order valence-corrected chi connectivity index (χ2v) is 10.8. The van der Waals surface area contributed by atoms with Gasteiger partial charge in [0, 0.05) is 38.1 Å². The van der Waals surface area contributed by atoms with Crippen molar-refractivity contribution in [2.45, 2.75) is 53.2 Å². The molecule has 5 rings (SSSR count). The molecule has 11 nitrogen and oxygen atoms in total. The number of nitrogens with zero attached hydrogens (tertiary/aromatic N) is 6. The van der Waals surface area contributed by atoms with Crippen molar-refractivity contribution in [3.63, 3.8) is 0 Å². The lowest BCUT2D eigenvalue weighted by Gasteiger charge is -2.27. The minimum Gasteiger partial charge on any atom is -0.459 e. The molecule has 1 fully saturated rings. The van der Waals surface area contributed by atoms with E-state index in [0.717, 1.165) is 35.9 Å². The van der Waals surface area contributed by atoms with Crippen molar-refractivity contribution in [2.75, 3.05) is 37.4 Å². The number of carbonyl (C=O) groups excluding carboxylic acids is 1. The zero-order valence-electron chi connectivity index (χ0n) is 24.0. The van der Waals surface area contributed by atoms with Crippen LogP contribution in [0.15, 0.2) is 54.9 Å². The van der Waals surface area contributed by atoms with E-state index in [4.69, 9.17) is 9.72 Å². The molecule has 42 heavy (non-hydrogen) atoms. The highest BCUT2D eigenvalue weighted by atomic mass is 16.6. The van der Waals surface area contributed by atoms with Gasteiger partial charge in [-0.1, -0.05) is 25.6 Å². The maximum Gasteiger partial charge on any atom is 0.343 e. The molecule has 1 aliphatic heterocycles. The third kappa shape index (κ3) is 6.20. The van der Waals surface area contributed by atoms with Crippen molar-refractivity contribution in [2.24, 2.45) is 0 Å². The number of anilines is 3. The number of esters is 1. The fourth-order valence-electron chi connectivity index (χ4n) is 5.32. The summed E-state index contributed by atoms with van der Waals surface area (Å²) < 4.78 is 7.27. The van der Waals surface area contributed by atoms with E-state index >= 15 is 0 Å². The molecular weight excluding hydrogens is 534 g/mol. The van der Waals surface area contributed by atoms with Crippen LogP contribution in [0.2, 0.25) is 0 Å². The molecule has 0 amide bonds. The molecule has 1 N–H and O–H groups in total. The Balaban J connectivity index is 0.00000405. The van der Waals surface area contributed by atoms with Crippen LogP contribution in [0.1, 0.15) is 50.0 Å². The van der Waals surface area contributed by atoms with Gasteiger partial charge in [-0.25, -0.2) is 9.78 Å². The van der Waals surface area contributed by atoms with Gasteiger partial charge >= 0.3 is 5.97 Å². The van der Waals surface area contributed by atoms with Gasteiger partial charge in [0.2, 0.25) is 5.95 Å². The summed E-state index contributed by atoms with van der Waals surface area (Å²) in [6.45, 7) is 7.19. The minimum atomic E-state index is -0.536. The van der Waals surface area contributed by atoms with E-state index < -0.39 is 5.97 Å². The molecule has 1 aliphatic rings. The van der Waals surface area contributed by atoms with Gasteiger partial charge < -0.3 is 24.4 Å². The molecule has 1 atom stereocenters. The molecule has 0 unspecified atom stereocenters. The molecule has 2 aromatic heterocycles. The zero-order valence-corrected chi connectivity index (χ0v) is 24.0. The van der Waals surface area contributed by atoms with Crippen LogP contribution in [0.5, 0.6) is 0 Å². The Kier molecular flexibility index (Phi) is 9.11. The van der Waals surface area contributed by atoms with E-state index in [-0.39, 0.29) is 35.7 Å². The predicted molar refractivity (Wildman–Crippen MR) is 166 cm³/mol. The number of hydrogen-bond donors (Lipinski definition) is 1. The number of ether oxygens (including phenoxy) is 1. The van der Waals surface area contributed by atoms with Crippen LogP contribution in [-0.4, -0.2) is 69.7 Å². The first kappa shape index (κ1) is 30.4. The number of hydrogen-bond acceptors (Lipinski definition) is 9. The highest BCUT2D eigenvalue weighted by Gasteiger charge is 2.27. The van der Waals surface area contributed by atoms with Gasteiger partial charge in [0.1, 0.15) is 11.3 Å². The molecule has 11 heteroatoms. The third-order valence-electron chi connectivity index (χ3n) is 7.49. The van der Waals surface area contributed by atoms with Crippen molar-refractivity contribution < 1.29 is 14.5 Å². The summed E-state index contributed by atoms with van der Waals surface area (Å²) in [5.74, 6) is 0.00921. The zero-order chi connectivity index (χ0) is 29.3. The molecule has 0 spiro atoms. The van der Waals surface area contributed by atoms with Gasteiger partial charge in [-0.2, -0.15) is 4.98 Å². The van der Waals surface area contributed by atoms with Gasteiger partial charge in [0.15, 0.2) is 5.82 Å². The number of nitro benzene ring substituents is 1. The Hall–Kier alpha value is -4.51. The highest BCUT2D eigenvalue weighted by molar-refractivity contribution is 5.94. The molecule has 3 heterocycles. The Morgan fingerprint density at radius 2 is 2.02 bits per heavy atom. The summed E-state index contributed by atoms with van der Waals surface area (Å²) in [7, 11) is 3.99. The van der Waals surface area contributed by atoms with Crippen LogP contribution in [-0.2, 0) is 4.74 Å². The number of likely N-dealkylation sites (N-methyl/N-ethyl adjacent to an activating group) is 2. The summed E-state index contributed by atoms with van der Waals surface area (Å²) in [5, 5.41) is 16.3. The molecule has 2 aromatic carbocycles. The first-order valence-electron chi connectivity index (χ1n) is 13.7. The molecule has 0 radical (unpaired) electrons. The van der Waals surface area contributed by atoms with Gasteiger partial charge in [-0.3, -0.25) is 10.1 Å². The highest BCUT2D eigenvalue weighted by Crippen LogP contribution is 2.35. The summed E-state index contributed by atoms with van der Waals surface area (Å²) in [4.78, 5) is 38.1. The Morgan fingerprint density at radius 1 is 1.26 bits per heavy atom. The number of fused-ring (bicyclic) bond motifs is 1. The van der Waals surface area contributed by atoms with Gasteiger partial charge in [0.25, 0.3) is 5.69 Å². The average Bonchev–Trinajstić information content (AvgIpc) is 3.54. The number of nitro groups is 1. The van der Waals surface area contributed by atoms with Crippen LogP contribution in [0.25, 0.3) is 16.7 Å². The number of benzene rings is 2. The first-order valence-corrected chi connectivity index (χ1v) is 13.7. The van der Waals surface area contributed by atoms with Gasteiger partial charge in [-0.15, -0.1) is 0 Å². The molecule has 4 aromatic rings. The van der Waals surface area contributed by atoms with Crippen LogP contribution in [0.3, 0.4) is 0 Å². The largest absolute Gasteiger partial charge is 0.459 e. The normalized spacial score (nSPS) is 15.0. The topological polar surface area (TPSA) is 119 Å². The lowest BCUT2D eigenvalue weighted by molar-refractivity contribution is -0.384. The molecule has 0 bridgehead atoms. The van der Waals surface area contributed by atoms with Crippen LogP contribution < -0.4 is 10.2 Å². The molecule has 0 saturated carbocycles. The molecular formula is C31H39N7O4. The van der Waals surface area contributed by atoms with E-state index in [2.05, 4.69) is 22.2 Å². The van der Waals surface area contributed by atoms with E-state index in [1.165, 1.54) is 12.3 Å². The lowest BCUT2D eigenvalue weighted by atomic mass is 10.1. The Labute approximate surface area is 246 Å². The number of likely N-dealkylation sites (tertiary alicyclic amines) is 1. The van der Waals surface area contributed by atoms with E-state index in [1.807, 2.05) is 66.0 Å². The van der Waals surface area contributed by atoms with Gasteiger partial charge in [0.05, 0.1) is 22.2 Å². The first-order chi connectivity index (χ1) is 19.6. The fourth-order valence-corrected chi connectivity index (χ4v) is 5.32. The number of aromatic nitrogens is 3. The van der Waals surface area contributed by atoms with Crippen LogP contribution >= 0.6 is 0 Å². The predicted octanol–water partition coefficient (Wildman–Crippen LogP) is 6.11. The second-order valence-electron chi connectivity index (χ2n) is 10.8. The average molecular weight is 574 g/mol. The lowest BCUT2D eigenvalue weighted by Crippen LogP contribution is -2.36. The fraction of sp³-hybridized carbons (Fsp3) is 0.387. The molecule has 0 aliphatic carbocycles. The maximum absolute atomic E-state index is 13.0. The van der Waals surface area contributed by atoms with Crippen molar-refractivity contribution >= 4 is 39.9 Å². The Morgan fingerprint density at radius 3 is 2.71 bits per heavy atom. The summed E-state index contributed by atoms with van der Waals surface area (Å²) in [6, 6.07) is 13.4. The quantitative estimate of drug-likeness (QED) is 0.144. The Bertz CT molecular complexity index is 1600. The smallest absolute Gasteiger partial charge is 0.343 e. The third-order valence-corrected chi connectivity index (χ3v) is 7.49. The summed E-state index contributed by atoms with van der Waals surface area (Å²) >= 11 is 0. The minimum absolute atomic E-state index is 0. The van der Waals surface area contributed by atoms with Crippen molar-refractivity contribution in [1.82, 2.24) is 19.4 Å². The standard InChI is InChI=1S/C30H35N7O4.CH4/c1-19(2)41-29(38)23-17-31-30(33-28(23)36-14-12-21-9-6-7-11-25(21)36)32-24-16-27(37(39)40)26(15-20(24)3)35(5)18-22-10-8-13-34(22)4;/h6-7,9,11-12,14-17,19,22H,8,10,13,18H2,1-5H3,(H,31,32,33);1H4/t22-;/m1./s1. The second kappa shape index (κ2) is 12.6. The van der Waals surface area contributed by atoms with Crippen LogP contribution in [0, 0.1) is 17.0 Å². The van der Waals surface area contributed by atoms with E-state index in [0.29, 0.717) is 29.8 Å². The van der Waals surface area contributed by atoms with Crippen LogP contribution in [0.4, 0.5) is 23.0 Å². The van der Waals surface area contributed by atoms with E-state index in [1.54, 1.807) is 13.8 Å². The van der Waals surface area contributed by atoms with Crippen molar-refractivity contribution in [1.29, 1.82) is 0 Å². The summed E-state index contributed by atoms with van der Waals surface area (Å²) in [6.07, 6.45) is 5.15. The molecule has 222 valence electrons. The monoisotopic (exact) mass is 573 g/mol. The molecule has 1 saturated heterocycles. The van der Waals surface area contributed by atoms with E-state index in [9.17, 15) is 14.9 Å². The number of carbonyl (C=O) groups is 1. The number of rotatable bonds is 9. The van der Waals surface area contributed by atoms with Crippen molar-refractivity contribution in [3.8, 4) is 5.82 Å². The maximum atomic E-state index is 13.0. The SMILES string of the molecule is C.Cc1cc(N(C)C[C@H]2CCCN2C)c([N+](=O)[O-])cc1Nc1ncc(C(=O)OC(C)C)c(-n2ccc3ccccc32)n1. The number of nitrogens with one attached hydrogen (secondary N) is 1. The number of aryl methyl sites for hydroxylation is 1. The summed E-state index contributed by atoms with van der Waals surface area (Å²) in [5.41, 5.74) is 2.94.